The standard InChI is InChI=1S/C12H14N4OS/c1-17-11-4-10(14-7-15-11)12-16-9(6-18-12)5-13-8-2-3-8/h4,6-8,13H,2-3,5H2,1H3. The molecule has 0 spiro atoms. The van der Waals surface area contributed by atoms with Gasteiger partial charge in [0.1, 0.15) is 17.0 Å². The van der Waals surface area contributed by atoms with Crippen molar-refractivity contribution in [2.75, 3.05) is 7.11 Å². The van der Waals surface area contributed by atoms with Crippen molar-refractivity contribution in [2.24, 2.45) is 0 Å². The Morgan fingerprint density at radius 1 is 1.44 bits per heavy atom. The number of hydrogen-bond acceptors (Lipinski definition) is 6. The molecule has 94 valence electrons. The second-order valence-corrected chi connectivity index (χ2v) is 5.10. The van der Waals surface area contributed by atoms with Crippen LogP contribution in [0.15, 0.2) is 17.8 Å². The van der Waals surface area contributed by atoms with E-state index in [0.717, 1.165) is 22.9 Å². The highest BCUT2D eigenvalue weighted by Crippen LogP contribution is 2.24. The number of hydrogen-bond donors (Lipinski definition) is 1. The first-order chi connectivity index (χ1) is 8.85. The minimum Gasteiger partial charge on any atom is -0.481 e. The van der Waals surface area contributed by atoms with Crippen molar-refractivity contribution in [2.45, 2.75) is 25.4 Å². The van der Waals surface area contributed by atoms with E-state index in [0.29, 0.717) is 11.9 Å². The summed E-state index contributed by atoms with van der Waals surface area (Å²) >= 11 is 1.60. The maximum absolute atomic E-state index is 5.08. The first-order valence-corrected chi connectivity index (χ1v) is 6.77. The van der Waals surface area contributed by atoms with Crippen LogP contribution >= 0.6 is 11.3 Å². The van der Waals surface area contributed by atoms with E-state index in [1.807, 2.05) is 0 Å². The van der Waals surface area contributed by atoms with Crippen molar-refractivity contribution in [3.8, 4) is 16.6 Å². The van der Waals surface area contributed by atoms with Gasteiger partial charge in [0.15, 0.2) is 0 Å². The Bertz CT molecular complexity index is 538. The quantitative estimate of drug-likeness (QED) is 0.891. The third-order valence-corrected chi connectivity index (χ3v) is 3.68. The average molecular weight is 262 g/mol. The molecule has 0 aliphatic heterocycles. The fourth-order valence-corrected chi connectivity index (χ4v) is 2.40. The Hall–Kier alpha value is -1.53. The van der Waals surface area contributed by atoms with Gasteiger partial charge in [0, 0.05) is 24.0 Å². The molecular weight excluding hydrogens is 248 g/mol. The highest BCUT2D eigenvalue weighted by molar-refractivity contribution is 7.13. The molecule has 0 aromatic carbocycles. The molecule has 1 aliphatic rings. The van der Waals surface area contributed by atoms with Crippen molar-refractivity contribution < 1.29 is 4.74 Å². The Labute approximate surface area is 109 Å². The van der Waals surface area contributed by atoms with Crippen LogP contribution in [0.1, 0.15) is 18.5 Å². The summed E-state index contributed by atoms with van der Waals surface area (Å²) in [5.74, 6) is 0.563. The molecule has 18 heavy (non-hydrogen) atoms. The number of ether oxygens (including phenoxy) is 1. The van der Waals surface area contributed by atoms with Gasteiger partial charge in [-0.3, -0.25) is 0 Å². The predicted octanol–water partition coefficient (Wildman–Crippen LogP) is 1.86. The van der Waals surface area contributed by atoms with Gasteiger partial charge in [-0.15, -0.1) is 11.3 Å². The molecule has 1 aliphatic carbocycles. The molecule has 1 fully saturated rings. The fraction of sp³-hybridized carbons (Fsp3) is 0.417. The van der Waals surface area contributed by atoms with Crippen LogP contribution in [-0.2, 0) is 6.54 Å². The Kier molecular flexibility index (Phi) is 3.21. The minimum atomic E-state index is 0.563. The largest absolute Gasteiger partial charge is 0.481 e. The van der Waals surface area contributed by atoms with E-state index in [9.17, 15) is 0 Å². The number of nitrogens with zero attached hydrogens (tertiary/aromatic N) is 3. The summed E-state index contributed by atoms with van der Waals surface area (Å²) in [6, 6.07) is 2.51. The zero-order valence-electron chi connectivity index (χ0n) is 10.1. The van der Waals surface area contributed by atoms with Crippen LogP contribution in [0, 0.1) is 0 Å². The molecule has 1 saturated carbocycles. The van der Waals surface area contributed by atoms with Gasteiger partial charge in [0.25, 0.3) is 0 Å². The molecule has 3 rings (SSSR count). The number of nitrogens with one attached hydrogen (secondary N) is 1. The van der Waals surface area contributed by atoms with E-state index in [-0.39, 0.29) is 0 Å². The lowest BCUT2D eigenvalue weighted by Gasteiger charge is -1.99. The first-order valence-electron chi connectivity index (χ1n) is 5.89. The van der Waals surface area contributed by atoms with Crippen molar-refractivity contribution in [3.05, 3.63) is 23.5 Å². The van der Waals surface area contributed by atoms with Crippen molar-refractivity contribution in [1.29, 1.82) is 0 Å². The van der Waals surface area contributed by atoms with E-state index < -0.39 is 0 Å². The van der Waals surface area contributed by atoms with Crippen LogP contribution in [0.4, 0.5) is 0 Å². The van der Waals surface area contributed by atoms with E-state index in [1.54, 1.807) is 24.5 Å². The van der Waals surface area contributed by atoms with Gasteiger partial charge in [-0.2, -0.15) is 0 Å². The van der Waals surface area contributed by atoms with Gasteiger partial charge in [-0.05, 0) is 12.8 Å². The van der Waals surface area contributed by atoms with Crippen LogP contribution < -0.4 is 10.1 Å². The maximum atomic E-state index is 5.08. The average Bonchev–Trinajstić information content (AvgIpc) is 3.13. The number of rotatable bonds is 5. The lowest BCUT2D eigenvalue weighted by atomic mass is 10.4. The molecule has 2 aromatic rings. The van der Waals surface area contributed by atoms with E-state index in [2.05, 4.69) is 25.6 Å². The molecule has 0 radical (unpaired) electrons. The molecule has 0 bridgehead atoms. The summed E-state index contributed by atoms with van der Waals surface area (Å²) in [7, 11) is 1.60. The molecule has 0 saturated heterocycles. The zero-order chi connectivity index (χ0) is 12.4. The van der Waals surface area contributed by atoms with Crippen molar-refractivity contribution >= 4 is 11.3 Å². The van der Waals surface area contributed by atoms with E-state index in [1.165, 1.54) is 19.2 Å². The summed E-state index contributed by atoms with van der Waals surface area (Å²) < 4.78 is 5.08. The predicted molar refractivity (Wildman–Crippen MR) is 69.6 cm³/mol. The van der Waals surface area contributed by atoms with Crippen LogP contribution in [-0.4, -0.2) is 28.1 Å². The molecule has 6 heteroatoms. The van der Waals surface area contributed by atoms with Crippen molar-refractivity contribution in [3.63, 3.8) is 0 Å². The lowest BCUT2D eigenvalue weighted by molar-refractivity contribution is 0.397. The number of aromatic nitrogens is 3. The Balaban J connectivity index is 1.74. The third kappa shape index (κ3) is 2.65. The first kappa shape index (κ1) is 11.6. The van der Waals surface area contributed by atoms with Crippen LogP contribution in [0.5, 0.6) is 5.88 Å². The van der Waals surface area contributed by atoms with Gasteiger partial charge in [-0.1, -0.05) is 0 Å². The molecule has 1 N–H and O–H groups in total. The highest BCUT2D eigenvalue weighted by atomic mass is 32.1. The molecule has 2 aromatic heterocycles. The number of methoxy groups -OCH3 is 1. The van der Waals surface area contributed by atoms with Crippen molar-refractivity contribution in [1.82, 2.24) is 20.3 Å². The molecule has 0 amide bonds. The van der Waals surface area contributed by atoms with Gasteiger partial charge in [0.05, 0.1) is 12.8 Å². The summed E-state index contributed by atoms with van der Waals surface area (Å²) in [5, 5.41) is 6.42. The maximum Gasteiger partial charge on any atom is 0.216 e. The second-order valence-electron chi connectivity index (χ2n) is 4.24. The van der Waals surface area contributed by atoms with Gasteiger partial charge < -0.3 is 10.1 Å². The van der Waals surface area contributed by atoms with E-state index in [4.69, 9.17) is 4.74 Å². The summed E-state index contributed by atoms with van der Waals surface area (Å²) in [4.78, 5) is 12.8. The number of thiazole rings is 1. The second kappa shape index (κ2) is 4.99. The summed E-state index contributed by atoms with van der Waals surface area (Å²) in [6.45, 7) is 0.837. The SMILES string of the molecule is COc1cc(-c2nc(CNC3CC3)cs2)ncn1. The molecule has 5 nitrogen and oxygen atoms in total. The lowest BCUT2D eigenvalue weighted by Crippen LogP contribution is -2.15. The van der Waals surface area contributed by atoms with Crippen LogP contribution in [0.3, 0.4) is 0 Å². The smallest absolute Gasteiger partial charge is 0.216 e. The Morgan fingerprint density at radius 3 is 3.11 bits per heavy atom. The molecule has 0 unspecified atom stereocenters. The normalized spacial score (nSPS) is 14.7. The van der Waals surface area contributed by atoms with Gasteiger partial charge >= 0.3 is 0 Å². The summed E-state index contributed by atoms with van der Waals surface area (Å²) in [5.41, 5.74) is 1.88. The monoisotopic (exact) mass is 262 g/mol. The Morgan fingerprint density at radius 2 is 2.33 bits per heavy atom. The molecule has 0 atom stereocenters. The fourth-order valence-electron chi connectivity index (χ4n) is 1.61. The topological polar surface area (TPSA) is 59.9 Å². The summed E-state index contributed by atoms with van der Waals surface area (Å²) in [6.07, 6.45) is 4.08. The van der Waals surface area contributed by atoms with Crippen LogP contribution in [0.25, 0.3) is 10.7 Å². The third-order valence-electron chi connectivity index (χ3n) is 2.77. The molecular formula is C12H14N4OS. The molecule has 2 heterocycles. The van der Waals surface area contributed by atoms with Crippen LogP contribution in [0.2, 0.25) is 0 Å². The minimum absolute atomic E-state index is 0.563. The zero-order valence-corrected chi connectivity index (χ0v) is 10.9. The van der Waals surface area contributed by atoms with E-state index >= 15 is 0 Å². The highest BCUT2D eigenvalue weighted by Gasteiger charge is 2.20. The van der Waals surface area contributed by atoms with Gasteiger partial charge in [0.2, 0.25) is 5.88 Å². The van der Waals surface area contributed by atoms with Gasteiger partial charge in [-0.25, -0.2) is 15.0 Å².